The van der Waals surface area contributed by atoms with Crippen LogP contribution in [-0.4, -0.2) is 36.0 Å². The van der Waals surface area contributed by atoms with Crippen molar-refractivity contribution < 1.29 is 4.79 Å². The lowest BCUT2D eigenvalue weighted by Crippen LogP contribution is -2.47. The monoisotopic (exact) mass is 284 g/mol. The van der Waals surface area contributed by atoms with Crippen LogP contribution in [0.3, 0.4) is 0 Å². The number of nitrogens with one attached hydrogen (secondary N) is 2. The maximum absolute atomic E-state index is 12.0. The molecule has 0 heterocycles. The van der Waals surface area contributed by atoms with Gasteiger partial charge < -0.3 is 10.6 Å². The van der Waals surface area contributed by atoms with Crippen molar-refractivity contribution in [1.82, 2.24) is 10.6 Å². The zero-order chi connectivity index (χ0) is 13.5. The zero-order valence-electron chi connectivity index (χ0n) is 12.1. The van der Waals surface area contributed by atoms with E-state index in [4.69, 9.17) is 0 Å². The molecular weight excluding hydrogens is 256 g/mol. The highest BCUT2D eigenvalue weighted by Gasteiger charge is 2.24. The number of carbonyl (C=O) groups is 1. The Morgan fingerprint density at radius 2 is 1.74 bits per heavy atom. The van der Waals surface area contributed by atoms with E-state index < -0.39 is 0 Å². The predicted octanol–water partition coefficient (Wildman–Crippen LogP) is 2.70. The predicted molar refractivity (Wildman–Crippen MR) is 82.6 cm³/mol. The quantitative estimate of drug-likeness (QED) is 0.815. The number of hydrogen-bond donors (Lipinski definition) is 2. The second-order valence-electron chi connectivity index (χ2n) is 5.95. The van der Waals surface area contributed by atoms with Crippen LogP contribution in [0.2, 0.25) is 0 Å². The van der Waals surface area contributed by atoms with E-state index in [1.165, 1.54) is 57.8 Å². The molecule has 0 saturated heterocycles. The van der Waals surface area contributed by atoms with Crippen molar-refractivity contribution in [3.05, 3.63) is 0 Å². The molecule has 0 radical (unpaired) electrons. The normalized spacial score (nSPS) is 29.1. The Bertz CT molecular complexity index is 279. The van der Waals surface area contributed by atoms with Gasteiger partial charge in [0.15, 0.2) is 0 Å². The van der Waals surface area contributed by atoms with Gasteiger partial charge in [-0.1, -0.05) is 32.1 Å². The first-order chi connectivity index (χ1) is 9.29. The molecule has 2 aliphatic rings. The topological polar surface area (TPSA) is 41.1 Å². The van der Waals surface area contributed by atoms with E-state index in [1.807, 2.05) is 11.8 Å². The highest BCUT2D eigenvalue weighted by atomic mass is 32.2. The van der Waals surface area contributed by atoms with Crippen molar-refractivity contribution in [3.63, 3.8) is 0 Å². The van der Waals surface area contributed by atoms with Gasteiger partial charge in [-0.25, -0.2) is 0 Å². The van der Waals surface area contributed by atoms with Gasteiger partial charge in [0, 0.05) is 17.3 Å². The lowest BCUT2D eigenvalue weighted by molar-refractivity contribution is -0.121. The Hall–Kier alpha value is -0.220. The molecule has 2 atom stereocenters. The summed E-state index contributed by atoms with van der Waals surface area (Å²) in [5.74, 6) is 0.192. The fraction of sp³-hybridized carbons (Fsp3) is 0.933. The van der Waals surface area contributed by atoms with Crippen molar-refractivity contribution in [1.29, 1.82) is 0 Å². The summed E-state index contributed by atoms with van der Waals surface area (Å²) in [5, 5.41) is 7.35. The molecule has 0 spiro atoms. The Balaban J connectivity index is 1.67. The van der Waals surface area contributed by atoms with Crippen molar-refractivity contribution in [2.75, 3.05) is 12.8 Å². The zero-order valence-corrected chi connectivity index (χ0v) is 12.9. The minimum absolute atomic E-state index is 0.192. The summed E-state index contributed by atoms with van der Waals surface area (Å²) < 4.78 is 0. The fourth-order valence-electron chi connectivity index (χ4n) is 3.36. The minimum atomic E-state index is 0.192. The molecule has 2 N–H and O–H groups in total. The van der Waals surface area contributed by atoms with Crippen LogP contribution in [0.1, 0.15) is 57.8 Å². The smallest absolute Gasteiger partial charge is 0.234 e. The average Bonchev–Trinajstić information content (AvgIpc) is 2.46. The van der Waals surface area contributed by atoms with Gasteiger partial charge in [-0.3, -0.25) is 4.79 Å². The summed E-state index contributed by atoms with van der Waals surface area (Å²) in [7, 11) is 0. The molecule has 2 unspecified atom stereocenters. The van der Waals surface area contributed by atoms with E-state index in [0.29, 0.717) is 23.9 Å². The van der Waals surface area contributed by atoms with E-state index in [9.17, 15) is 4.79 Å². The third-order valence-corrected chi connectivity index (χ3v) is 5.67. The van der Waals surface area contributed by atoms with Gasteiger partial charge in [0.05, 0.1) is 6.54 Å². The first-order valence-corrected chi connectivity index (χ1v) is 9.14. The fourth-order valence-corrected chi connectivity index (χ4v) is 4.33. The molecular formula is C15H28N2OS. The number of amides is 1. The van der Waals surface area contributed by atoms with Crippen LogP contribution < -0.4 is 10.6 Å². The largest absolute Gasteiger partial charge is 0.352 e. The van der Waals surface area contributed by atoms with Crippen LogP contribution >= 0.6 is 11.8 Å². The summed E-state index contributed by atoms with van der Waals surface area (Å²) in [6.07, 6.45) is 13.6. The van der Waals surface area contributed by atoms with Gasteiger partial charge in [0.25, 0.3) is 0 Å². The van der Waals surface area contributed by atoms with Gasteiger partial charge in [-0.2, -0.15) is 11.8 Å². The SMILES string of the molecule is CSC1CCCCC1NCC(=O)NC1CCCCC1. The first-order valence-electron chi connectivity index (χ1n) is 7.85. The Morgan fingerprint density at radius 1 is 1.05 bits per heavy atom. The van der Waals surface area contributed by atoms with E-state index in [-0.39, 0.29) is 5.91 Å². The molecule has 0 aromatic carbocycles. The molecule has 2 rings (SSSR count). The molecule has 2 aliphatic carbocycles. The van der Waals surface area contributed by atoms with Crippen molar-refractivity contribution in [2.24, 2.45) is 0 Å². The second-order valence-corrected chi connectivity index (χ2v) is 7.03. The lowest BCUT2D eigenvalue weighted by Gasteiger charge is -2.31. The van der Waals surface area contributed by atoms with Crippen LogP contribution in [0.5, 0.6) is 0 Å². The molecule has 0 aromatic heterocycles. The third-order valence-electron chi connectivity index (χ3n) is 4.50. The van der Waals surface area contributed by atoms with Gasteiger partial charge in [0.2, 0.25) is 5.91 Å². The molecule has 0 aliphatic heterocycles. The van der Waals surface area contributed by atoms with Gasteiger partial charge in [0.1, 0.15) is 0 Å². The molecule has 110 valence electrons. The first kappa shape index (κ1) is 15.2. The molecule has 1 amide bonds. The maximum Gasteiger partial charge on any atom is 0.234 e. The van der Waals surface area contributed by atoms with Gasteiger partial charge in [-0.05, 0) is 31.9 Å². The number of carbonyl (C=O) groups excluding carboxylic acids is 1. The third kappa shape index (κ3) is 4.99. The van der Waals surface area contributed by atoms with E-state index in [0.717, 1.165) is 0 Å². The molecule has 19 heavy (non-hydrogen) atoms. The standard InChI is InChI=1S/C15H28N2OS/c1-19-14-10-6-5-9-13(14)16-11-15(18)17-12-7-3-2-4-8-12/h12-14,16H,2-11H2,1H3,(H,17,18). The summed E-state index contributed by atoms with van der Waals surface area (Å²) in [6, 6.07) is 0.964. The van der Waals surface area contributed by atoms with Crippen molar-refractivity contribution in [2.45, 2.75) is 75.1 Å². The van der Waals surface area contributed by atoms with Crippen molar-refractivity contribution in [3.8, 4) is 0 Å². The summed E-state index contributed by atoms with van der Waals surface area (Å²) in [5.41, 5.74) is 0. The van der Waals surface area contributed by atoms with Crippen LogP contribution in [0.4, 0.5) is 0 Å². The Labute approximate surface area is 121 Å². The Kier molecular flexibility index (Phi) is 6.51. The summed E-state index contributed by atoms with van der Waals surface area (Å²) in [4.78, 5) is 12.0. The van der Waals surface area contributed by atoms with E-state index in [2.05, 4.69) is 16.9 Å². The number of hydrogen-bond acceptors (Lipinski definition) is 3. The number of thioether (sulfide) groups is 1. The van der Waals surface area contributed by atoms with Crippen LogP contribution in [-0.2, 0) is 4.79 Å². The average molecular weight is 284 g/mol. The van der Waals surface area contributed by atoms with Crippen LogP contribution in [0.25, 0.3) is 0 Å². The summed E-state index contributed by atoms with van der Waals surface area (Å²) in [6.45, 7) is 0.498. The molecule has 4 heteroatoms. The number of rotatable bonds is 5. The molecule has 0 aromatic rings. The summed E-state index contributed by atoms with van der Waals surface area (Å²) >= 11 is 1.95. The lowest BCUT2D eigenvalue weighted by atomic mass is 9.94. The van der Waals surface area contributed by atoms with E-state index in [1.54, 1.807) is 0 Å². The molecule has 3 nitrogen and oxygen atoms in total. The van der Waals surface area contributed by atoms with Crippen molar-refractivity contribution >= 4 is 17.7 Å². The van der Waals surface area contributed by atoms with Crippen LogP contribution in [0.15, 0.2) is 0 Å². The second kappa shape index (κ2) is 8.15. The highest BCUT2D eigenvalue weighted by molar-refractivity contribution is 7.99. The Morgan fingerprint density at radius 3 is 2.47 bits per heavy atom. The van der Waals surface area contributed by atoms with E-state index >= 15 is 0 Å². The maximum atomic E-state index is 12.0. The van der Waals surface area contributed by atoms with Gasteiger partial charge >= 0.3 is 0 Å². The molecule has 2 saturated carbocycles. The molecule has 0 bridgehead atoms. The highest BCUT2D eigenvalue weighted by Crippen LogP contribution is 2.26. The van der Waals surface area contributed by atoms with Crippen LogP contribution in [0, 0.1) is 0 Å². The van der Waals surface area contributed by atoms with Gasteiger partial charge in [-0.15, -0.1) is 0 Å². The minimum Gasteiger partial charge on any atom is -0.352 e. The molecule has 2 fully saturated rings.